The Bertz CT molecular complexity index is 456. The van der Waals surface area contributed by atoms with Gasteiger partial charge in [0.15, 0.2) is 17.9 Å². The summed E-state index contributed by atoms with van der Waals surface area (Å²) in [6.45, 7) is -0.00819. The van der Waals surface area contributed by atoms with Crippen LogP contribution in [-0.2, 0) is 9.47 Å². The molecule has 1 aliphatic heterocycles. The standard InChI is InChI=1S/C9H12FN3O4/c10-6-1-13(9(15)12-8(6)11)7-4-16-5(2-14)3-17-7/h1,5,7,14H,2-4H2,(H2,11,12,15). The lowest BCUT2D eigenvalue weighted by Crippen LogP contribution is -2.40. The predicted molar refractivity (Wildman–Crippen MR) is 54.7 cm³/mol. The number of nitrogens with two attached hydrogens (primary N) is 1. The number of aliphatic hydroxyl groups is 1. The lowest BCUT2D eigenvalue weighted by molar-refractivity contribution is -0.172. The van der Waals surface area contributed by atoms with Crippen LogP contribution < -0.4 is 11.4 Å². The normalized spacial score (nSPS) is 24.8. The van der Waals surface area contributed by atoms with Crippen LogP contribution in [0.2, 0.25) is 0 Å². The van der Waals surface area contributed by atoms with Crippen molar-refractivity contribution < 1.29 is 19.0 Å². The highest BCUT2D eigenvalue weighted by molar-refractivity contribution is 5.26. The maximum absolute atomic E-state index is 13.2. The van der Waals surface area contributed by atoms with Crippen molar-refractivity contribution in [1.82, 2.24) is 9.55 Å². The van der Waals surface area contributed by atoms with E-state index in [0.717, 1.165) is 10.8 Å². The summed E-state index contributed by atoms with van der Waals surface area (Å²) in [6.07, 6.45) is -0.251. The Balaban J connectivity index is 2.19. The largest absolute Gasteiger partial charge is 0.394 e. The highest BCUT2D eigenvalue weighted by atomic mass is 19.1. The molecule has 1 saturated heterocycles. The molecule has 2 rings (SSSR count). The number of aromatic nitrogens is 2. The van der Waals surface area contributed by atoms with E-state index in [-0.39, 0.29) is 19.8 Å². The predicted octanol–water partition coefficient (Wildman–Crippen LogP) is -1.13. The van der Waals surface area contributed by atoms with Crippen molar-refractivity contribution in [3.8, 4) is 0 Å². The number of rotatable bonds is 2. The van der Waals surface area contributed by atoms with Gasteiger partial charge in [-0.2, -0.15) is 4.98 Å². The number of nitrogens with zero attached hydrogens (tertiary/aromatic N) is 2. The second-order valence-electron chi connectivity index (χ2n) is 3.59. The van der Waals surface area contributed by atoms with Crippen LogP contribution in [0.3, 0.4) is 0 Å². The molecular formula is C9H12FN3O4. The second-order valence-corrected chi connectivity index (χ2v) is 3.59. The highest BCUT2D eigenvalue weighted by Gasteiger charge is 2.24. The zero-order valence-electron chi connectivity index (χ0n) is 8.88. The molecule has 1 fully saturated rings. The first-order valence-electron chi connectivity index (χ1n) is 5.00. The molecule has 0 spiro atoms. The number of halogens is 1. The smallest absolute Gasteiger partial charge is 0.351 e. The molecule has 0 aromatic carbocycles. The number of ether oxygens (including phenoxy) is 2. The molecule has 3 N–H and O–H groups in total. The summed E-state index contributed by atoms with van der Waals surface area (Å²) in [6, 6.07) is 0. The minimum Gasteiger partial charge on any atom is -0.394 e. The van der Waals surface area contributed by atoms with Crippen molar-refractivity contribution in [3.05, 3.63) is 22.5 Å². The van der Waals surface area contributed by atoms with Gasteiger partial charge >= 0.3 is 5.69 Å². The number of nitrogen functional groups attached to an aromatic ring is 1. The molecule has 0 amide bonds. The molecule has 8 heteroatoms. The molecule has 7 nitrogen and oxygen atoms in total. The van der Waals surface area contributed by atoms with E-state index in [4.69, 9.17) is 20.3 Å². The van der Waals surface area contributed by atoms with Gasteiger partial charge < -0.3 is 20.3 Å². The third kappa shape index (κ3) is 2.43. The Morgan fingerprint density at radius 1 is 1.59 bits per heavy atom. The minimum atomic E-state index is -0.794. The van der Waals surface area contributed by atoms with Gasteiger partial charge in [-0.1, -0.05) is 0 Å². The van der Waals surface area contributed by atoms with Gasteiger partial charge in [-0.05, 0) is 0 Å². The molecule has 0 bridgehead atoms. The molecule has 1 aromatic heterocycles. The zero-order chi connectivity index (χ0) is 12.4. The van der Waals surface area contributed by atoms with Crippen molar-refractivity contribution in [1.29, 1.82) is 0 Å². The quantitative estimate of drug-likeness (QED) is 0.684. The SMILES string of the molecule is Nc1nc(=O)n(C2COC(CO)CO2)cc1F. The van der Waals surface area contributed by atoms with Gasteiger partial charge in [0.05, 0.1) is 26.0 Å². The van der Waals surface area contributed by atoms with Crippen LogP contribution in [0.25, 0.3) is 0 Å². The molecule has 2 atom stereocenters. The van der Waals surface area contributed by atoms with Gasteiger partial charge in [0.1, 0.15) is 6.10 Å². The summed E-state index contributed by atoms with van der Waals surface area (Å²) < 4.78 is 24.6. The maximum Gasteiger partial charge on any atom is 0.351 e. The first-order chi connectivity index (χ1) is 8.11. The Morgan fingerprint density at radius 3 is 2.94 bits per heavy atom. The van der Waals surface area contributed by atoms with Crippen molar-refractivity contribution in [2.45, 2.75) is 12.3 Å². The third-order valence-electron chi connectivity index (χ3n) is 2.40. The van der Waals surface area contributed by atoms with E-state index in [2.05, 4.69) is 4.98 Å². The average Bonchev–Trinajstić information content (AvgIpc) is 2.34. The van der Waals surface area contributed by atoms with Gasteiger partial charge in [-0.3, -0.25) is 4.57 Å². The van der Waals surface area contributed by atoms with Gasteiger partial charge in [-0.15, -0.1) is 0 Å². The van der Waals surface area contributed by atoms with Crippen LogP contribution in [0.15, 0.2) is 11.0 Å². The summed E-state index contributed by atoms with van der Waals surface area (Å²) >= 11 is 0. The van der Waals surface area contributed by atoms with E-state index in [1.807, 2.05) is 0 Å². The number of hydrogen-bond acceptors (Lipinski definition) is 6. The van der Waals surface area contributed by atoms with Gasteiger partial charge in [0.25, 0.3) is 0 Å². The summed E-state index contributed by atoms with van der Waals surface area (Å²) in [4.78, 5) is 14.8. The summed E-state index contributed by atoms with van der Waals surface area (Å²) in [5.41, 5.74) is 4.45. The Kier molecular flexibility index (Phi) is 3.36. The number of anilines is 1. The molecule has 17 heavy (non-hydrogen) atoms. The van der Waals surface area contributed by atoms with Crippen molar-refractivity contribution in [3.63, 3.8) is 0 Å². The number of aliphatic hydroxyl groups excluding tert-OH is 1. The Morgan fingerprint density at radius 2 is 2.35 bits per heavy atom. The first kappa shape index (κ1) is 12.0. The Hall–Kier alpha value is -1.51. The van der Waals surface area contributed by atoms with Crippen molar-refractivity contribution in [2.75, 3.05) is 25.6 Å². The molecule has 0 aliphatic carbocycles. The Labute approximate surface area is 95.6 Å². The molecular weight excluding hydrogens is 233 g/mol. The minimum absolute atomic E-state index is 0.0379. The van der Waals surface area contributed by atoms with Crippen molar-refractivity contribution >= 4 is 5.82 Å². The molecule has 0 radical (unpaired) electrons. The fraction of sp³-hybridized carbons (Fsp3) is 0.556. The monoisotopic (exact) mass is 245 g/mol. The fourth-order valence-electron chi connectivity index (χ4n) is 1.46. The molecule has 1 aliphatic rings. The van der Waals surface area contributed by atoms with Gasteiger partial charge in [0.2, 0.25) is 0 Å². The van der Waals surface area contributed by atoms with E-state index in [9.17, 15) is 9.18 Å². The molecule has 94 valence electrons. The van der Waals surface area contributed by atoms with Crippen LogP contribution >= 0.6 is 0 Å². The van der Waals surface area contributed by atoms with E-state index in [1.165, 1.54) is 0 Å². The van der Waals surface area contributed by atoms with Gasteiger partial charge in [0, 0.05) is 0 Å². The topological polar surface area (TPSA) is 99.6 Å². The second kappa shape index (κ2) is 4.78. The van der Waals surface area contributed by atoms with Crippen LogP contribution in [0, 0.1) is 5.82 Å². The first-order valence-corrected chi connectivity index (χ1v) is 5.00. The van der Waals surface area contributed by atoms with Crippen LogP contribution in [0.1, 0.15) is 6.23 Å². The van der Waals surface area contributed by atoms with Crippen molar-refractivity contribution in [2.24, 2.45) is 0 Å². The fourth-order valence-corrected chi connectivity index (χ4v) is 1.46. The van der Waals surface area contributed by atoms with E-state index in [0.29, 0.717) is 0 Å². The van der Waals surface area contributed by atoms with Gasteiger partial charge in [-0.25, -0.2) is 9.18 Å². The highest BCUT2D eigenvalue weighted by Crippen LogP contribution is 2.15. The zero-order valence-corrected chi connectivity index (χ0v) is 8.88. The molecule has 2 heterocycles. The lowest BCUT2D eigenvalue weighted by atomic mass is 10.3. The van der Waals surface area contributed by atoms with Crippen LogP contribution in [0.5, 0.6) is 0 Å². The van der Waals surface area contributed by atoms with Crippen LogP contribution in [-0.4, -0.2) is 40.6 Å². The molecule has 0 saturated carbocycles. The lowest BCUT2D eigenvalue weighted by Gasteiger charge is -2.29. The summed E-state index contributed by atoms with van der Waals surface area (Å²) in [7, 11) is 0. The summed E-state index contributed by atoms with van der Waals surface area (Å²) in [5, 5.41) is 8.82. The third-order valence-corrected chi connectivity index (χ3v) is 2.40. The van der Waals surface area contributed by atoms with E-state index < -0.39 is 29.7 Å². The maximum atomic E-state index is 13.2. The van der Waals surface area contributed by atoms with E-state index in [1.54, 1.807) is 0 Å². The average molecular weight is 245 g/mol. The van der Waals surface area contributed by atoms with Crippen LogP contribution in [0.4, 0.5) is 10.2 Å². The van der Waals surface area contributed by atoms with E-state index >= 15 is 0 Å². The molecule has 2 unspecified atom stereocenters. The number of hydrogen-bond donors (Lipinski definition) is 2. The molecule has 1 aromatic rings. The summed E-state index contributed by atoms with van der Waals surface area (Å²) in [5.74, 6) is -1.24.